The standard InChI is InChI=1S/C33H49NO6/c1-5-40-31(39)20-7-9-22(10-8-20)34-29(38)13-6-19(2)24-11-12-25-30-26(18-28(37)33(24,25)4)32(3)15-14-23(35)16-21(32)17-27(30)36/h7-10,19,21,23-28,30,35-37H,5-6,11-18H2,1-4H3,(H,34,38)/t19-,21+,23-,24-,25+,26+,27-,28+,30+,32+,33-/m1/s1. The zero-order valence-electron chi connectivity index (χ0n) is 24.6. The van der Waals surface area contributed by atoms with Gasteiger partial charge in [-0.3, -0.25) is 4.79 Å². The number of ether oxygens (including phenoxy) is 1. The van der Waals surface area contributed by atoms with Crippen LogP contribution in [0.5, 0.6) is 0 Å². The first-order valence-electron chi connectivity index (χ1n) is 15.6. The Hall–Kier alpha value is -1.96. The molecule has 7 heteroatoms. The zero-order chi connectivity index (χ0) is 28.8. The first-order chi connectivity index (χ1) is 19.0. The van der Waals surface area contributed by atoms with Gasteiger partial charge in [0.15, 0.2) is 0 Å². The molecule has 0 saturated heterocycles. The summed E-state index contributed by atoms with van der Waals surface area (Å²) in [4.78, 5) is 24.7. The maximum absolute atomic E-state index is 12.8. The Kier molecular flexibility index (Phi) is 8.40. The fourth-order valence-corrected chi connectivity index (χ4v) is 9.82. The number of fused-ring (bicyclic) bond motifs is 5. The summed E-state index contributed by atoms with van der Waals surface area (Å²) in [6.45, 7) is 8.92. The summed E-state index contributed by atoms with van der Waals surface area (Å²) in [7, 11) is 0. The number of carbonyl (C=O) groups is 2. The summed E-state index contributed by atoms with van der Waals surface area (Å²) in [6.07, 6.45) is 6.16. The molecule has 0 radical (unpaired) electrons. The lowest BCUT2D eigenvalue weighted by Crippen LogP contribution is -2.62. The summed E-state index contributed by atoms with van der Waals surface area (Å²) in [5, 5.41) is 36.5. The van der Waals surface area contributed by atoms with Crippen molar-refractivity contribution in [3.8, 4) is 0 Å². The Morgan fingerprint density at radius 3 is 2.45 bits per heavy atom. The molecule has 0 unspecified atom stereocenters. The highest BCUT2D eigenvalue weighted by atomic mass is 16.5. The monoisotopic (exact) mass is 555 g/mol. The molecule has 4 aliphatic carbocycles. The van der Waals surface area contributed by atoms with Gasteiger partial charge in [-0.1, -0.05) is 20.8 Å². The lowest BCUT2D eigenvalue weighted by molar-refractivity contribution is -0.207. The van der Waals surface area contributed by atoms with Crippen molar-refractivity contribution in [1.29, 1.82) is 0 Å². The van der Waals surface area contributed by atoms with Crippen LogP contribution in [0.25, 0.3) is 0 Å². The van der Waals surface area contributed by atoms with Crippen LogP contribution in [0, 0.1) is 46.3 Å². The number of rotatable bonds is 7. The van der Waals surface area contributed by atoms with Gasteiger partial charge in [0.2, 0.25) is 5.91 Å². The van der Waals surface area contributed by atoms with Crippen LogP contribution in [0.2, 0.25) is 0 Å². The number of hydrogen-bond acceptors (Lipinski definition) is 6. The van der Waals surface area contributed by atoms with Gasteiger partial charge < -0.3 is 25.4 Å². The van der Waals surface area contributed by atoms with E-state index in [0.29, 0.717) is 36.1 Å². The SMILES string of the molecule is CCOC(=O)c1ccc(NC(=O)CC[C@@H](C)[C@H]2CC[C@H]3[C@@H]4[C@H](O)C[C@@H]5C[C@H](O)CC[C@]5(C)[C@H]4C[C@H](O)[C@]23C)cc1. The van der Waals surface area contributed by atoms with Gasteiger partial charge in [0.1, 0.15) is 0 Å². The summed E-state index contributed by atoms with van der Waals surface area (Å²) in [6, 6.07) is 6.76. The maximum atomic E-state index is 12.8. The lowest BCUT2D eigenvalue weighted by atomic mass is 9.43. The molecule has 4 aliphatic rings. The third-order valence-corrected chi connectivity index (χ3v) is 12.0. The van der Waals surface area contributed by atoms with Crippen molar-refractivity contribution >= 4 is 17.6 Å². The van der Waals surface area contributed by atoms with Gasteiger partial charge in [-0.05, 0) is 129 Å². The van der Waals surface area contributed by atoms with Gasteiger partial charge >= 0.3 is 5.97 Å². The van der Waals surface area contributed by atoms with E-state index >= 15 is 0 Å². The van der Waals surface area contributed by atoms with E-state index in [1.165, 1.54) is 0 Å². The van der Waals surface area contributed by atoms with E-state index in [1.807, 2.05) is 0 Å². The van der Waals surface area contributed by atoms with Crippen molar-refractivity contribution in [3.05, 3.63) is 29.8 Å². The molecule has 1 aromatic rings. The van der Waals surface area contributed by atoms with Crippen LogP contribution < -0.4 is 5.32 Å². The van der Waals surface area contributed by atoms with E-state index in [2.05, 4.69) is 26.1 Å². The predicted molar refractivity (Wildman–Crippen MR) is 153 cm³/mol. The molecule has 0 heterocycles. The molecular formula is C33H49NO6. The van der Waals surface area contributed by atoms with Gasteiger partial charge in [-0.25, -0.2) is 4.79 Å². The summed E-state index contributed by atoms with van der Waals surface area (Å²) >= 11 is 0. The number of aliphatic hydroxyl groups is 3. The number of anilines is 1. The fourth-order valence-electron chi connectivity index (χ4n) is 9.82. The Bertz CT molecular complexity index is 1080. The Morgan fingerprint density at radius 2 is 1.75 bits per heavy atom. The number of benzene rings is 1. The number of esters is 1. The molecule has 4 saturated carbocycles. The van der Waals surface area contributed by atoms with Gasteiger partial charge in [0, 0.05) is 12.1 Å². The van der Waals surface area contributed by atoms with Crippen LogP contribution in [0.3, 0.4) is 0 Å². The molecule has 0 aliphatic heterocycles. The molecule has 40 heavy (non-hydrogen) atoms. The second-order valence-electron chi connectivity index (χ2n) is 13.9. The first kappa shape index (κ1) is 29.5. The number of amides is 1. The maximum Gasteiger partial charge on any atom is 0.338 e. The van der Waals surface area contributed by atoms with E-state index in [1.54, 1.807) is 31.2 Å². The highest BCUT2D eigenvalue weighted by molar-refractivity contribution is 5.93. The Labute approximate surface area is 239 Å². The highest BCUT2D eigenvalue weighted by Gasteiger charge is 2.65. The van der Waals surface area contributed by atoms with Crippen molar-refractivity contribution in [1.82, 2.24) is 0 Å². The third-order valence-electron chi connectivity index (χ3n) is 12.0. The first-order valence-corrected chi connectivity index (χ1v) is 15.6. The molecule has 7 nitrogen and oxygen atoms in total. The lowest BCUT2D eigenvalue weighted by Gasteiger charge is -2.63. The van der Waals surface area contributed by atoms with Crippen LogP contribution in [-0.2, 0) is 9.53 Å². The number of carbonyl (C=O) groups excluding carboxylic acids is 2. The molecule has 1 aromatic carbocycles. The molecule has 5 rings (SSSR count). The van der Waals surface area contributed by atoms with Gasteiger partial charge in [-0.15, -0.1) is 0 Å². The van der Waals surface area contributed by atoms with Crippen molar-refractivity contribution in [3.63, 3.8) is 0 Å². The second-order valence-corrected chi connectivity index (χ2v) is 13.9. The molecule has 0 bridgehead atoms. The topological polar surface area (TPSA) is 116 Å². The zero-order valence-corrected chi connectivity index (χ0v) is 24.6. The van der Waals surface area contributed by atoms with E-state index in [9.17, 15) is 24.9 Å². The van der Waals surface area contributed by atoms with Gasteiger partial charge in [-0.2, -0.15) is 0 Å². The van der Waals surface area contributed by atoms with Crippen LogP contribution in [0.4, 0.5) is 5.69 Å². The fraction of sp³-hybridized carbons (Fsp3) is 0.758. The van der Waals surface area contributed by atoms with Crippen LogP contribution in [-0.4, -0.2) is 52.1 Å². The van der Waals surface area contributed by atoms with Crippen molar-refractivity contribution < 1.29 is 29.6 Å². The largest absolute Gasteiger partial charge is 0.462 e. The molecule has 222 valence electrons. The average Bonchev–Trinajstić information content (AvgIpc) is 3.28. The van der Waals surface area contributed by atoms with E-state index in [0.717, 1.165) is 51.4 Å². The number of aliphatic hydroxyl groups excluding tert-OH is 3. The molecule has 11 atom stereocenters. The van der Waals surface area contributed by atoms with Crippen molar-refractivity contribution in [2.75, 3.05) is 11.9 Å². The van der Waals surface area contributed by atoms with Gasteiger partial charge in [0.25, 0.3) is 0 Å². The minimum absolute atomic E-state index is 0.0548. The van der Waals surface area contributed by atoms with Crippen LogP contribution >= 0.6 is 0 Å². The van der Waals surface area contributed by atoms with E-state index in [-0.39, 0.29) is 58.6 Å². The highest BCUT2D eigenvalue weighted by Crippen LogP contribution is 2.68. The minimum atomic E-state index is -0.421. The van der Waals surface area contributed by atoms with Crippen molar-refractivity contribution in [2.24, 2.45) is 46.3 Å². The normalized spacial score (nSPS) is 41.3. The Morgan fingerprint density at radius 1 is 1.02 bits per heavy atom. The number of nitrogens with one attached hydrogen (secondary N) is 1. The minimum Gasteiger partial charge on any atom is -0.462 e. The van der Waals surface area contributed by atoms with E-state index in [4.69, 9.17) is 4.74 Å². The van der Waals surface area contributed by atoms with Crippen LogP contribution in [0.15, 0.2) is 24.3 Å². The molecule has 4 fully saturated rings. The summed E-state index contributed by atoms with van der Waals surface area (Å²) in [5.74, 6) is 1.23. The predicted octanol–water partition coefficient (Wildman–Crippen LogP) is 5.18. The molecule has 0 aromatic heterocycles. The van der Waals surface area contributed by atoms with Crippen molar-refractivity contribution in [2.45, 2.75) is 104 Å². The summed E-state index contributed by atoms with van der Waals surface area (Å²) in [5.41, 5.74) is 0.917. The molecular weight excluding hydrogens is 506 g/mol. The second kappa shape index (κ2) is 11.4. The quantitative estimate of drug-likeness (QED) is 0.345. The molecule has 4 N–H and O–H groups in total. The van der Waals surface area contributed by atoms with E-state index < -0.39 is 6.10 Å². The third kappa shape index (κ3) is 5.11. The van der Waals surface area contributed by atoms with Gasteiger partial charge in [0.05, 0.1) is 30.5 Å². The smallest absolute Gasteiger partial charge is 0.338 e. The average molecular weight is 556 g/mol. The summed E-state index contributed by atoms with van der Waals surface area (Å²) < 4.78 is 5.02. The number of hydrogen-bond donors (Lipinski definition) is 4. The Balaban J connectivity index is 1.22. The van der Waals surface area contributed by atoms with Crippen LogP contribution in [0.1, 0.15) is 95.8 Å². The molecule has 1 amide bonds. The molecule has 0 spiro atoms.